The molecule has 0 aliphatic carbocycles. The average molecular weight is 247 g/mol. The van der Waals surface area contributed by atoms with E-state index in [-0.39, 0.29) is 5.91 Å². The van der Waals surface area contributed by atoms with Gasteiger partial charge in [-0.05, 0) is 31.2 Å². The second kappa shape index (κ2) is 5.45. The van der Waals surface area contributed by atoms with Crippen molar-refractivity contribution in [3.05, 3.63) is 45.9 Å². The summed E-state index contributed by atoms with van der Waals surface area (Å²) in [7, 11) is 0. The smallest absolute Gasteiger partial charge is 0.244 e. The van der Waals surface area contributed by atoms with Gasteiger partial charge in [0, 0.05) is 22.0 Å². The molecule has 0 aliphatic heterocycles. The van der Waals surface area contributed by atoms with E-state index in [1.165, 1.54) is 4.88 Å². The summed E-state index contributed by atoms with van der Waals surface area (Å²) >= 11 is 1.66. The van der Waals surface area contributed by atoms with Gasteiger partial charge >= 0.3 is 0 Å². The summed E-state index contributed by atoms with van der Waals surface area (Å²) in [5.41, 5.74) is 0.888. The lowest BCUT2D eigenvalue weighted by Crippen LogP contribution is -2.20. The lowest BCUT2D eigenvalue weighted by Gasteiger charge is -1.98. The second-order valence-corrected chi connectivity index (χ2v) is 4.90. The molecule has 0 aliphatic rings. The molecule has 17 heavy (non-hydrogen) atoms. The van der Waals surface area contributed by atoms with E-state index in [0.29, 0.717) is 6.54 Å². The van der Waals surface area contributed by atoms with Crippen LogP contribution in [0.5, 0.6) is 0 Å². The highest BCUT2D eigenvalue weighted by molar-refractivity contribution is 7.12. The molecule has 0 atom stereocenters. The molecular formula is C12H13N3OS. The zero-order valence-electron chi connectivity index (χ0n) is 9.43. The monoisotopic (exact) mass is 247 g/mol. The summed E-state index contributed by atoms with van der Waals surface area (Å²) in [6, 6.07) is 5.86. The summed E-state index contributed by atoms with van der Waals surface area (Å²) < 4.78 is 0. The number of rotatable bonds is 4. The fourth-order valence-electron chi connectivity index (χ4n) is 1.33. The molecule has 4 nitrogen and oxygen atoms in total. The highest BCUT2D eigenvalue weighted by Gasteiger charge is 1.98. The highest BCUT2D eigenvalue weighted by atomic mass is 32.1. The van der Waals surface area contributed by atoms with Crippen molar-refractivity contribution in [3.63, 3.8) is 0 Å². The fraction of sp³-hybridized carbons (Fsp3) is 0.167. The fourth-order valence-corrected chi connectivity index (χ4v) is 2.11. The summed E-state index contributed by atoms with van der Waals surface area (Å²) in [5, 5.41) is 9.36. The van der Waals surface area contributed by atoms with E-state index in [9.17, 15) is 4.79 Å². The van der Waals surface area contributed by atoms with Crippen molar-refractivity contribution in [1.82, 2.24) is 15.5 Å². The predicted octanol–water partition coefficient (Wildman–Crippen LogP) is 2.11. The molecule has 88 valence electrons. The van der Waals surface area contributed by atoms with Crippen LogP contribution < -0.4 is 5.32 Å². The van der Waals surface area contributed by atoms with E-state index in [2.05, 4.69) is 15.5 Å². The molecule has 2 aromatic rings. The van der Waals surface area contributed by atoms with Crippen molar-refractivity contribution in [2.24, 2.45) is 0 Å². The summed E-state index contributed by atoms with van der Waals surface area (Å²) in [5.74, 6) is -0.106. The van der Waals surface area contributed by atoms with Crippen LogP contribution in [0.15, 0.2) is 30.5 Å². The second-order valence-electron chi connectivity index (χ2n) is 3.58. The van der Waals surface area contributed by atoms with Crippen molar-refractivity contribution >= 4 is 23.3 Å². The molecule has 1 amide bonds. The lowest BCUT2D eigenvalue weighted by atomic mass is 10.3. The van der Waals surface area contributed by atoms with E-state index < -0.39 is 0 Å². The molecule has 2 heterocycles. The third kappa shape index (κ3) is 3.57. The van der Waals surface area contributed by atoms with Gasteiger partial charge < -0.3 is 5.32 Å². The number of hydrogen-bond donors (Lipinski definition) is 2. The third-order valence-corrected chi connectivity index (χ3v) is 3.14. The minimum Gasteiger partial charge on any atom is -0.347 e. The number of hydrogen-bond acceptors (Lipinski definition) is 3. The molecule has 2 rings (SSSR count). The largest absolute Gasteiger partial charge is 0.347 e. The Morgan fingerprint density at radius 1 is 1.53 bits per heavy atom. The number of thiophene rings is 1. The Balaban J connectivity index is 1.83. The van der Waals surface area contributed by atoms with Gasteiger partial charge in [-0.1, -0.05) is 0 Å². The Morgan fingerprint density at radius 3 is 3.06 bits per heavy atom. The van der Waals surface area contributed by atoms with Crippen LogP contribution in [-0.4, -0.2) is 16.1 Å². The van der Waals surface area contributed by atoms with Crippen LogP contribution >= 0.6 is 11.3 Å². The Labute approximate surface area is 103 Å². The number of carbonyl (C=O) groups excluding carboxylic acids is 1. The Kier molecular flexibility index (Phi) is 3.72. The van der Waals surface area contributed by atoms with Crippen LogP contribution in [0.1, 0.15) is 15.4 Å². The van der Waals surface area contributed by atoms with Gasteiger partial charge in [0.1, 0.15) is 0 Å². The minimum atomic E-state index is -0.106. The molecule has 0 spiro atoms. The Morgan fingerprint density at radius 2 is 2.41 bits per heavy atom. The number of aromatic nitrogens is 2. The summed E-state index contributed by atoms with van der Waals surface area (Å²) in [4.78, 5) is 13.8. The molecule has 0 radical (unpaired) electrons. The quantitative estimate of drug-likeness (QED) is 0.813. The average Bonchev–Trinajstić information content (AvgIpc) is 2.95. The predicted molar refractivity (Wildman–Crippen MR) is 68.5 cm³/mol. The molecular weight excluding hydrogens is 234 g/mol. The van der Waals surface area contributed by atoms with Crippen LogP contribution in [0.25, 0.3) is 6.08 Å². The number of nitrogens with one attached hydrogen (secondary N) is 2. The maximum absolute atomic E-state index is 11.5. The van der Waals surface area contributed by atoms with Gasteiger partial charge in [0.2, 0.25) is 5.91 Å². The zero-order chi connectivity index (χ0) is 12.1. The normalized spacial score (nSPS) is 10.9. The maximum atomic E-state index is 11.5. The molecule has 0 bridgehead atoms. The van der Waals surface area contributed by atoms with Gasteiger partial charge in [0.15, 0.2) is 0 Å². The van der Waals surface area contributed by atoms with Crippen molar-refractivity contribution in [1.29, 1.82) is 0 Å². The first-order valence-corrected chi connectivity index (χ1v) is 6.06. The summed E-state index contributed by atoms with van der Waals surface area (Å²) in [6.45, 7) is 2.51. The van der Waals surface area contributed by atoms with Crippen molar-refractivity contribution in [2.45, 2.75) is 13.5 Å². The Bertz CT molecular complexity index is 514. The molecule has 0 fully saturated rings. The number of aryl methyl sites for hydroxylation is 1. The number of aromatic amines is 1. The third-order valence-electron chi connectivity index (χ3n) is 2.17. The lowest BCUT2D eigenvalue weighted by molar-refractivity contribution is -0.116. The first-order chi connectivity index (χ1) is 8.24. The first kappa shape index (κ1) is 11.6. The van der Waals surface area contributed by atoms with Gasteiger partial charge in [-0.3, -0.25) is 9.89 Å². The van der Waals surface area contributed by atoms with Crippen molar-refractivity contribution in [3.8, 4) is 0 Å². The Hall–Kier alpha value is -1.88. The van der Waals surface area contributed by atoms with Crippen LogP contribution in [-0.2, 0) is 11.3 Å². The van der Waals surface area contributed by atoms with Crippen LogP contribution in [0.4, 0.5) is 0 Å². The van der Waals surface area contributed by atoms with E-state index in [1.54, 1.807) is 23.6 Å². The van der Waals surface area contributed by atoms with Gasteiger partial charge in [-0.25, -0.2) is 0 Å². The summed E-state index contributed by atoms with van der Waals surface area (Å²) in [6.07, 6.45) is 5.02. The number of nitrogens with zero attached hydrogens (tertiary/aromatic N) is 1. The van der Waals surface area contributed by atoms with E-state index in [1.807, 2.05) is 31.2 Å². The first-order valence-electron chi connectivity index (χ1n) is 5.24. The van der Waals surface area contributed by atoms with Gasteiger partial charge in [-0.15, -0.1) is 11.3 Å². The van der Waals surface area contributed by atoms with Crippen LogP contribution in [0, 0.1) is 6.92 Å². The van der Waals surface area contributed by atoms with E-state index >= 15 is 0 Å². The molecule has 0 saturated heterocycles. The van der Waals surface area contributed by atoms with Gasteiger partial charge in [0.25, 0.3) is 0 Å². The molecule has 2 N–H and O–H groups in total. The standard InChI is InChI=1S/C12H13N3OS/c1-9-2-3-11(17-9)4-5-12(16)13-8-10-6-7-14-15-10/h2-7H,8H2,1H3,(H,13,16)(H,14,15)/b5-4+. The molecule has 0 saturated carbocycles. The maximum Gasteiger partial charge on any atom is 0.244 e. The van der Waals surface area contributed by atoms with Crippen LogP contribution in [0.3, 0.4) is 0 Å². The SMILES string of the molecule is Cc1ccc(/C=C/C(=O)NCc2ccn[nH]2)s1. The van der Waals surface area contributed by atoms with Crippen molar-refractivity contribution in [2.75, 3.05) is 0 Å². The number of H-pyrrole nitrogens is 1. The van der Waals surface area contributed by atoms with E-state index in [0.717, 1.165) is 10.6 Å². The molecule has 0 unspecified atom stereocenters. The topological polar surface area (TPSA) is 57.8 Å². The van der Waals surface area contributed by atoms with Crippen molar-refractivity contribution < 1.29 is 4.79 Å². The van der Waals surface area contributed by atoms with Crippen LogP contribution in [0.2, 0.25) is 0 Å². The number of amides is 1. The van der Waals surface area contributed by atoms with Gasteiger partial charge in [-0.2, -0.15) is 5.10 Å². The van der Waals surface area contributed by atoms with E-state index in [4.69, 9.17) is 0 Å². The minimum absolute atomic E-state index is 0.106. The zero-order valence-corrected chi connectivity index (χ0v) is 10.3. The molecule has 0 aromatic carbocycles. The highest BCUT2D eigenvalue weighted by Crippen LogP contribution is 2.16. The molecule has 5 heteroatoms. The molecule has 2 aromatic heterocycles. The number of carbonyl (C=O) groups is 1. The van der Waals surface area contributed by atoms with Gasteiger partial charge in [0.05, 0.1) is 12.2 Å².